The topological polar surface area (TPSA) is 63.3 Å². The number of carboxylic acid groups (broad SMARTS) is 1. The van der Waals surface area contributed by atoms with Gasteiger partial charge in [0.2, 0.25) is 0 Å². The zero-order valence-electron chi connectivity index (χ0n) is 12.7. The molecule has 0 aromatic heterocycles. The summed E-state index contributed by atoms with van der Waals surface area (Å²) >= 11 is 0. The summed E-state index contributed by atoms with van der Waals surface area (Å²) in [6.45, 7) is 1.64. The van der Waals surface area contributed by atoms with E-state index >= 15 is 0 Å². The van der Waals surface area contributed by atoms with Crippen LogP contribution in [0.3, 0.4) is 0 Å². The molecular formula is C19H21NO2. The fourth-order valence-electron chi connectivity index (χ4n) is 2.66. The summed E-state index contributed by atoms with van der Waals surface area (Å²) in [5, 5.41) is 9.26. The standard InChI is InChI=1S/C19H21NO2/c1-14(20)17(19(21)22)12-13-18(15-8-4-2-5-9-15)16-10-6-3-7-11-16/h2-11,18H,12-13,20H2,1H3,(H,21,22). The number of carboxylic acids is 1. The Morgan fingerprint density at radius 3 is 1.82 bits per heavy atom. The maximum absolute atomic E-state index is 11.3. The van der Waals surface area contributed by atoms with Crippen LogP contribution in [0, 0.1) is 0 Å². The Kier molecular flexibility index (Phi) is 5.37. The van der Waals surface area contributed by atoms with Crippen molar-refractivity contribution in [2.24, 2.45) is 5.73 Å². The predicted molar refractivity (Wildman–Crippen MR) is 88.5 cm³/mol. The summed E-state index contributed by atoms with van der Waals surface area (Å²) in [6.07, 6.45) is 1.16. The number of aliphatic carboxylic acids is 1. The van der Waals surface area contributed by atoms with E-state index in [1.54, 1.807) is 6.92 Å². The molecule has 0 aliphatic heterocycles. The zero-order valence-corrected chi connectivity index (χ0v) is 12.7. The van der Waals surface area contributed by atoms with Crippen LogP contribution in [0.25, 0.3) is 0 Å². The molecule has 0 aliphatic rings. The Bertz CT molecular complexity index is 604. The molecule has 22 heavy (non-hydrogen) atoms. The van der Waals surface area contributed by atoms with Crippen LogP contribution in [0.5, 0.6) is 0 Å². The molecule has 0 atom stereocenters. The molecule has 0 radical (unpaired) electrons. The largest absolute Gasteiger partial charge is 0.478 e. The van der Waals surface area contributed by atoms with Gasteiger partial charge in [-0.25, -0.2) is 4.79 Å². The molecule has 2 aromatic rings. The van der Waals surface area contributed by atoms with Crippen LogP contribution in [0.1, 0.15) is 36.8 Å². The fourth-order valence-corrected chi connectivity index (χ4v) is 2.66. The highest BCUT2D eigenvalue weighted by molar-refractivity contribution is 5.87. The molecule has 0 saturated carbocycles. The number of hydrogen-bond acceptors (Lipinski definition) is 2. The quantitative estimate of drug-likeness (QED) is 0.794. The van der Waals surface area contributed by atoms with Gasteiger partial charge in [-0.05, 0) is 30.9 Å². The van der Waals surface area contributed by atoms with Crippen molar-refractivity contribution >= 4 is 5.97 Å². The molecule has 0 amide bonds. The summed E-state index contributed by atoms with van der Waals surface area (Å²) in [5.74, 6) is -0.768. The van der Waals surface area contributed by atoms with Gasteiger partial charge in [0.25, 0.3) is 0 Å². The second-order valence-corrected chi connectivity index (χ2v) is 5.38. The lowest BCUT2D eigenvalue weighted by atomic mass is 9.86. The maximum atomic E-state index is 11.3. The highest BCUT2D eigenvalue weighted by Crippen LogP contribution is 2.30. The first-order chi connectivity index (χ1) is 10.6. The third kappa shape index (κ3) is 3.98. The minimum Gasteiger partial charge on any atom is -0.478 e. The molecule has 114 valence electrons. The van der Waals surface area contributed by atoms with E-state index in [-0.39, 0.29) is 5.92 Å². The summed E-state index contributed by atoms with van der Waals surface area (Å²) in [5.41, 5.74) is 8.76. The van der Waals surface area contributed by atoms with Crippen molar-refractivity contribution in [1.82, 2.24) is 0 Å². The Labute approximate surface area is 131 Å². The Morgan fingerprint density at radius 1 is 1.00 bits per heavy atom. The van der Waals surface area contributed by atoms with Gasteiger partial charge in [0.15, 0.2) is 0 Å². The van der Waals surface area contributed by atoms with Crippen LogP contribution in [0.15, 0.2) is 71.9 Å². The zero-order chi connectivity index (χ0) is 15.9. The number of rotatable bonds is 6. The van der Waals surface area contributed by atoms with Crippen molar-refractivity contribution in [3.8, 4) is 0 Å². The van der Waals surface area contributed by atoms with E-state index in [0.29, 0.717) is 24.1 Å². The molecule has 0 heterocycles. The molecule has 3 heteroatoms. The van der Waals surface area contributed by atoms with Crippen LogP contribution < -0.4 is 5.73 Å². The van der Waals surface area contributed by atoms with E-state index in [1.807, 2.05) is 36.4 Å². The summed E-state index contributed by atoms with van der Waals surface area (Å²) < 4.78 is 0. The van der Waals surface area contributed by atoms with Gasteiger partial charge < -0.3 is 10.8 Å². The third-order valence-corrected chi connectivity index (χ3v) is 3.82. The van der Waals surface area contributed by atoms with E-state index in [0.717, 1.165) is 0 Å². The average molecular weight is 295 g/mol. The van der Waals surface area contributed by atoms with Gasteiger partial charge in [-0.1, -0.05) is 60.7 Å². The molecule has 3 nitrogen and oxygen atoms in total. The second kappa shape index (κ2) is 7.46. The van der Waals surface area contributed by atoms with Crippen molar-refractivity contribution in [3.63, 3.8) is 0 Å². The molecule has 0 spiro atoms. The molecule has 0 aliphatic carbocycles. The van der Waals surface area contributed by atoms with Crippen molar-refractivity contribution < 1.29 is 9.90 Å². The van der Waals surface area contributed by atoms with E-state index < -0.39 is 5.97 Å². The monoisotopic (exact) mass is 295 g/mol. The molecular weight excluding hydrogens is 274 g/mol. The van der Waals surface area contributed by atoms with Crippen molar-refractivity contribution in [2.45, 2.75) is 25.7 Å². The maximum Gasteiger partial charge on any atom is 0.333 e. The van der Waals surface area contributed by atoms with Crippen LogP contribution in [0.2, 0.25) is 0 Å². The van der Waals surface area contributed by atoms with Crippen LogP contribution in [0.4, 0.5) is 0 Å². The first kappa shape index (κ1) is 15.8. The Hall–Kier alpha value is -2.55. The number of allylic oxidation sites excluding steroid dienone is 1. The van der Waals surface area contributed by atoms with Crippen LogP contribution in [-0.2, 0) is 4.79 Å². The van der Waals surface area contributed by atoms with Gasteiger partial charge in [-0.3, -0.25) is 0 Å². The van der Waals surface area contributed by atoms with Crippen molar-refractivity contribution in [2.75, 3.05) is 0 Å². The average Bonchev–Trinajstić information content (AvgIpc) is 2.52. The van der Waals surface area contributed by atoms with Crippen LogP contribution in [-0.4, -0.2) is 11.1 Å². The fraction of sp³-hybridized carbons (Fsp3) is 0.211. The second-order valence-electron chi connectivity index (χ2n) is 5.38. The minimum atomic E-state index is -0.931. The highest BCUT2D eigenvalue weighted by atomic mass is 16.4. The molecule has 0 unspecified atom stereocenters. The van der Waals surface area contributed by atoms with Crippen molar-refractivity contribution in [1.29, 1.82) is 0 Å². The first-order valence-corrected chi connectivity index (χ1v) is 7.38. The minimum absolute atomic E-state index is 0.163. The lowest BCUT2D eigenvalue weighted by Crippen LogP contribution is -2.10. The van der Waals surface area contributed by atoms with Gasteiger partial charge in [-0.2, -0.15) is 0 Å². The first-order valence-electron chi connectivity index (χ1n) is 7.38. The Balaban J connectivity index is 2.27. The van der Waals surface area contributed by atoms with E-state index in [9.17, 15) is 9.90 Å². The van der Waals surface area contributed by atoms with Crippen molar-refractivity contribution in [3.05, 3.63) is 83.1 Å². The van der Waals surface area contributed by atoms with Gasteiger partial charge >= 0.3 is 5.97 Å². The molecule has 3 N–H and O–H groups in total. The third-order valence-electron chi connectivity index (χ3n) is 3.82. The van der Waals surface area contributed by atoms with Gasteiger partial charge in [-0.15, -0.1) is 0 Å². The smallest absolute Gasteiger partial charge is 0.333 e. The summed E-state index contributed by atoms with van der Waals surface area (Å²) in [6, 6.07) is 20.3. The van der Waals surface area contributed by atoms with Crippen LogP contribution >= 0.6 is 0 Å². The van der Waals surface area contributed by atoms with Gasteiger partial charge in [0.05, 0.1) is 5.57 Å². The van der Waals surface area contributed by atoms with E-state index in [2.05, 4.69) is 24.3 Å². The lowest BCUT2D eigenvalue weighted by molar-refractivity contribution is -0.132. The summed E-state index contributed by atoms with van der Waals surface area (Å²) in [4.78, 5) is 11.3. The van der Waals surface area contributed by atoms with E-state index in [1.165, 1.54) is 11.1 Å². The molecule has 0 bridgehead atoms. The molecule has 0 saturated heterocycles. The van der Waals surface area contributed by atoms with E-state index in [4.69, 9.17) is 5.73 Å². The normalized spacial score (nSPS) is 12.1. The van der Waals surface area contributed by atoms with Gasteiger partial charge in [0.1, 0.15) is 0 Å². The molecule has 0 fully saturated rings. The molecule has 2 rings (SSSR count). The number of carbonyl (C=O) groups is 1. The Morgan fingerprint density at radius 2 is 1.45 bits per heavy atom. The number of benzene rings is 2. The lowest BCUT2D eigenvalue weighted by Gasteiger charge is -2.18. The highest BCUT2D eigenvalue weighted by Gasteiger charge is 2.17. The summed E-state index contributed by atoms with van der Waals surface area (Å²) in [7, 11) is 0. The number of hydrogen-bond donors (Lipinski definition) is 2. The van der Waals surface area contributed by atoms with Gasteiger partial charge in [0, 0.05) is 11.6 Å². The number of nitrogens with two attached hydrogens (primary N) is 1. The SMILES string of the molecule is CC(N)=C(CCC(c1ccccc1)c1ccccc1)C(=O)O. The molecule has 2 aromatic carbocycles. The predicted octanol–water partition coefficient (Wildman–Crippen LogP) is 3.92.